The number of aryl methyl sites for hydroxylation is 1. The Labute approximate surface area is 105 Å². The van der Waals surface area contributed by atoms with E-state index in [1.165, 1.54) is 0 Å². The molecule has 0 aliphatic heterocycles. The van der Waals surface area contributed by atoms with E-state index < -0.39 is 5.97 Å². The third-order valence-corrected chi connectivity index (χ3v) is 2.65. The van der Waals surface area contributed by atoms with E-state index in [0.29, 0.717) is 5.69 Å². The second-order valence-corrected chi connectivity index (χ2v) is 3.93. The van der Waals surface area contributed by atoms with Gasteiger partial charge in [0.25, 0.3) is 0 Å². The Morgan fingerprint density at radius 2 is 1.89 bits per heavy atom. The Bertz CT molecular complexity index is 588. The fraction of sp³-hybridized carbons (Fsp3) is 0.0667. The first-order valence-corrected chi connectivity index (χ1v) is 5.60. The van der Waals surface area contributed by atoms with Gasteiger partial charge >= 0.3 is 5.97 Å². The number of carbonyl (C=O) groups is 1. The van der Waals surface area contributed by atoms with Crippen LogP contribution in [-0.2, 0) is 4.79 Å². The molecule has 1 heterocycles. The second kappa shape index (κ2) is 5.27. The van der Waals surface area contributed by atoms with E-state index >= 15 is 0 Å². The Hall–Kier alpha value is -2.42. The second-order valence-electron chi connectivity index (χ2n) is 3.93. The average molecular weight is 239 g/mol. The van der Waals surface area contributed by atoms with Crippen molar-refractivity contribution in [3.63, 3.8) is 0 Å². The average Bonchev–Trinajstić information content (AvgIpc) is 2.38. The van der Waals surface area contributed by atoms with Crippen molar-refractivity contribution in [2.24, 2.45) is 0 Å². The Morgan fingerprint density at radius 1 is 1.17 bits per heavy atom. The zero-order valence-electron chi connectivity index (χ0n) is 10.00. The first-order valence-electron chi connectivity index (χ1n) is 5.60. The van der Waals surface area contributed by atoms with Crippen LogP contribution in [0.3, 0.4) is 0 Å². The quantitative estimate of drug-likeness (QED) is 0.837. The van der Waals surface area contributed by atoms with E-state index in [1.54, 1.807) is 30.5 Å². The van der Waals surface area contributed by atoms with E-state index in [9.17, 15) is 9.90 Å². The lowest BCUT2D eigenvalue weighted by molar-refractivity contribution is -0.130. The molecule has 0 fully saturated rings. The van der Waals surface area contributed by atoms with Gasteiger partial charge in [0.1, 0.15) is 0 Å². The van der Waals surface area contributed by atoms with E-state index in [0.717, 1.165) is 11.1 Å². The molecule has 1 aromatic carbocycles. The van der Waals surface area contributed by atoms with Gasteiger partial charge in [0.05, 0.1) is 11.3 Å². The summed E-state index contributed by atoms with van der Waals surface area (Å²) in [5.74, 6) is -0.949. The summed E-state index contributed by atoms with van der Waals surface area (Å²) in [6.07, 6.45) is 3.23. The molecule has 0 saturated carbocycles. The topological polar surface area (TPSA) is 50.2 Å². The minimum absolute atomic E-state index is 0.256. The number of carboxylic acid groups (broad SMARTS) is 1. The summed E-state index contributed by atoms with van der Waals surface area (Å²) in [5.41, 5.74) is 2.54. The van der Waals surface area contributed by atoms with E-state index in [4.69, 9.17) is 0 Å². The Kier molecular flexibility index (Phi) is 3.53. The van der Waals surface area contributed by atoms with Crippen molar-refractivity contribution in [3.05, 3.63) is 65.5 Å². The predicted molar refractivity (Wildman–Crippen MR) is 70.9 cm³/mol. The number of nitrogens with zero attached hydrogens (tertiary/aromatic N) is 1. The van der Waals surface area contributed by atoms with Crippen LogP contribution in [0.5, 0.6) is 0 Å². The molecular weight excluding hydrogens is 226 g/mol. The molecule has 0 aliphatic carbocycles. The zero-order chi connectivity index (χ0) is 13.0. The van der Waals surface area contributed by atoms with Gasteiger partial charge < -0.3 is 5.11 Å². The minimum atomic E-state index is -0.949. The predicted octanol–water partition coefficient (Wildman–Crippen LogP) is 3.02. The van der Waals surface area contributed by atoms with Crippen molar-refractivity contribution in [1.29, 1.82) is 0 Å². The summed E-state index contributed by atoms with van der Waals surface area (Å²) in [5, 5.41) is 9.32. The monoisotopic (exact) mass is 239 g/mol. The summed E-state index contributed by atoms with van der Waals surface area (Å²) < 4.78 is 0. The highest BCUT2D eigenvalue weighted by molar-refractivity contribution is 6.20. The van der Waals surface area contributed by atoms with Crippen molar-refractivity contribution >= 4 is 17.6 Å². The van der Waals surface area contributed by atoms with Gasteiger partial charge in [0.15, 0.2) is 0 Å². The summed E-state index contributed by atoms with van der Waals surface area (Å²) in [6, 6.07) is 12.8. The number of pyridine rings is 1. The molecule has 0 radical (unpaired) electrons. The van der Waals surface area contributed by atoms with Gasteiger partial charge in [-0.1, -0.05) is 30.3 Å². The van der Waals surface area contributed by atoms with Crippen LogP contribution in [-0.4, -0.2) is 16.1 Å². The molecule has 18 heavy (non-hydrogen) atoms. The highest BCUT2D eigenvalue weighted by atomic mass is 16.4. The summed E-state index contributed by atoms with van der Waals surface area (Å²) in [4.78, 5) is 15.5. The third-order valence-electron chi connectivity index (χ3n) is 2.65. The van der Waals surface area contributed by atoms with Gasteiger partial charge in [0.2, 0.25) is 0 Å². The maximum atomic E-state index is 11.4. The summed E-state index contributed by atoms with van der Waals surface area (Å²) >= 11 is 0. The molecule has 1 aromatic heterocycles. The van der Waals surface area contributed by atoms with Gasteiger partial charge in [-0.25, -0.2) is 4.79 Å². The molecular formula is C15H13NO2. The highest BCUT2D eigenvalue weighted by Gasteiger charge is 2.12. The number of carboxylic acids is 1. The molecule has 0 saturated heterocycles. The first kappa shape index (κ1) is 12.0. The molecule has 0 spiro atoms. The van der Waals surface area contributed by atoms with Crippen molar-refractivity contribution < 1.29 is 9.90 Å². The Morgan fingerprint density at radius 3 is 2.50 bits per heavy atom. The van der Waals surface area contributed by atoms with Crippen LogP contribution in [0.4, 0.5) is 0 Å². The molecule has 0 atom stereocenters. The zero-order valence-corrected chi connectivity index (χ0v) is 10.00. The van der Waals surface area contributed by atoms with E-state index in [-0.39, 0.29) is 5.57 Å². The summed E-state index contributed by atoms with van der Waals surface area (Å²) in [6.45, 7) is 1.89. The molecule has 2 rings (SSSR count). The van der Waals surface area contributed by atoms with Crippen LogP contribution < -0.4 is 0 Å². The smallest absolute Gasteiger partial charge is 0.336 e. The van der Waals surface area contributed by atoms with Gasteiger partial charge in [-0.15, -0.1) is 0 Å². The molecule has 0 amide bonds. The normalized spacial score (nSPS) is 11.3. The highest BCUT2D eigenvalue weighted by Crippen LogP contribution is 2.21. The van der Waals surface area contributed by atoms with Gasteiger partial charge in [-0.3, -0.25) is 4.98 Å². The fourth-order valence-corrected chi connectivity index (χ4v) is 1.74. The minimum Gasteiger partial charge on any atom is -0.478 e. The molecule has 90 valence electrons. The molecule has 3 heteroatoms. The standard InChI is InChI=1S/C15H13NO2/c1-11-6-2-3-8-13(11)14(15(17)18)10-12-7-4-5-9-16-12/h2-10H,1H3,(H,17,18)/b14-10+. The van der Waals surface area contributed by atoms with Gasteiger partial charge in [-0.2, -0.15) is 0 Å². The molecule has 2 aromatic rings. The van der Waals surface area contributed by atoms with Crippen molar-refractivity contribution in [1.82, 2.24) is 4.98 Å². The molecule has 0 unspecified atom stereocenters. The number of aliphatic carboxylic acids is 1. The lowest BCUT2D eigenvalue weighted by Crippen LogP contribution is -2.01. The van der Waals surface area contributed by atoms with E-state index in [1.807, 2.05) is 31.2 Å². The van der Waals surface area contributed by atoms with Crippen molar-refractivity contribution in [3.8, 4) is 0 Å². The van der Waals surface area contributed by atoms with Crippen molar-refractivity contribution in [2.75, 3.05) is 0 Å². The van der Waals surface area contributed by atoms with E-state index in [2.05, 4.69) is 4.98 Å². The maximum Gasteiger partial charge on any atom is 0.336 e. The largest absolute Gasteiger partial charge is 0.478 e. The van der Waals surface area contributed by atoms with Crippen LogP contribution in [0.25, 0.3) is 11.6 Å². The molecule has 3 nitrogen and oxygen atoms in total. The van der Waals surface area contributed by atoms with Gasteiger partial charge in [-0.05, 0) is 36.3 Å². The fourth-order valence-electron chi connectivity index (χ4n) is 1.74. The van der Waals surface area contributed by atoms with Crippen LogP contribution >= 0.6 is 0 Å². The molecule has 1 N–H and O–H groups in total. The first-order chi connectivity index (χ1) is 8.68. The number of hydrogen-bond acceptors (Lipinski definition) is 2. The SMILES string of the molecule is Cc1ccccc1/C(=C\c1ccccn1)C(=O)O. The van der Waals surface area contributed by atoms with Crippen LogP contribution in [0.15, 0.2) is 48.7 Å². The number of hydrogen-bond donors (Lipinski definition) is 1. The third kappa shape index (κ3) is 2.63. The number of aromatic nitrogens is 1. The molecule has 0 aliphatic rings. The van der Waals surface area contributed by atoms with Gasteiger partial charge in [0, 0.05) is 6.20 Å². The Balaban J connectivity index is 2.51. The lowest BCUT2D eigenvalue weighted by Gasteiger charge is -2.06. The molecule has 0 bridgehead atoms. The summed E-state index contributed by atoms with van der Waals surface area (Å²) in [7, 11) is 0. The lowest BCUT2D eigenvalue weighted by atomic mass is 10.00. The number of benzene rings is 1. The number of rotatable bonds is 3. The van der Waals surface area contributed by atoms with Crippen LogP contribution in [0, 0.1) is 6.92 Å². The van der Waals surface area contributed by atoms with Crippen molar-refractivity contribution in [2.45, 2.75) is 6.92 Å². The maximum absolute atomic E-state index is 11.4. The van der Waals surface area contributed by atoms with Crippen LogP contribution in [0.2, 0.25) is 0 Å². The van der Waals surface area contributed by atoms with Crippen LogP contribution in [0.1, 0.15) is 16.8 Å².